The molecule has 0 aromatic carbocycles. The minimum absolute atomic E-state index is 0.181. The Hall–Kier alpha value is -1.79. The highest BCUT2D eigenvalue weighted by molar-refractivity contribution is 5.31. The number of alkyl halides is 1. The standard InChI is InChI=1S/C7H9FN4O2/c1-5(2-8)11-7-9-3-6(4-10-7)12(13)14/h3-5H,2H2,1H3,(H,9,10,11). The van der Waals surface area contributed by atoms with Crippen molar-refractivity contribution in [1.82, 2.24) is 9.97 Å². The van der Waals surface area contributed by atoms with Crippen molar-refractivity contribution in [2.45, 2.75) is 13.0 Å². The number of anilines is 1. The predicted octanol–water partition coefficient (Wildman–Crippen LogP) is 1.15. The van der Waals surface area contributed by atoms with Crippen molar-refractivity contribution in [3.05, 3.63) is 22.5 Å². The largest absolute Gasteiger partial charge is 0.349 e. The lowest BCUT2D eigenvalue weighted by Crippen LogP contribution is -2.18. The van der Waals surface area contributed by atoms with Gasteiger partial charge in [0.15, 0.2) is 0 Å². The third-order valence-electron chi connectivity index (χ3n) is 1.46. The predicted molar refractivity (Wildman–Crippen MR) is 47.7 cm³/mol. The van der Waals surface area contributed by atoms with Crippen molar-refractivity contribution in [3.8, 4) is 0 Å². The van der Waals surface area contributed by atoms with Gasteiger partial charge < -0.3 is 5.32 Å². The molecule has 1 aromatic rings. The molecule has 0 aliphatic heterocycles. The topological polar surface area (TPSA) is 81.0 Å². The average molecular weight is 200 g/mol. The Morgan fingerprint density at radius 3 is 2.64 bits per heavy atom. The second-order valence-corrected chi connectivity index (χ2v) is 2.72. The number of nitrogens with one attached hydrogen (secondary N) is 1. The second kappa shape index (κ2) is 4.45. The van der Waals surface area contributed by atoms with Crippen LogP contribution in [0, 0.1) is 10.1 Å². The van der Waals surface area contributed by atoms with E-state index < -0.39 is 17.6 Å². The maximum absolute atomic E-state index is 12.1. The van der Waals surface area contributed by atoms with Gasteiger partial charge in [-0.05, 0) is 6.92 Å². The van der Waals surface area contributed by atoms with Crippen molar-refractivity contribution < 1.29 is 9.31 Å². The first-order chi connectivity index (χ1) is 6.63. The third kappa shape index (κ3) is 2.61. The van der Waals surface area contributed by atoms with E-state index in [1.807, 2.05) is 0 Å². The van der Waals surface area contributed by atoms with E-state index >= 15 is 0 Å². The lowest BCUT2D eigenvalue weighted by molar-refractivity contribution is -0.385. The van der Waals surface area contributed by atoms with Gasteiger partial charge in [-0.1, -0.05) is 0 Å². The fourth-order valence-electron chi connectivity index (χ4n) is 0.749. The molecule has 0 amide bonds. The summed E-state index contributed by atoms with van der Waals surface area (Å²) in [5.41, 5.74) is -0.191. The summed E-state index contributed by atoms with van der Waals surface area (Å²) in [7, 11) is 0. The van der Waals surface area contributed by atoms with Gasteiger partial charge in [0.2, 0.25) is 5.95 Å². The Morgan fingerprint density at radius 1 is 1.64 bits per heavy atom. The SMILES string of the molecule is CC(CF)Nc1ncc([N+](=O)[O-])cn1. The van der Waals surface area contributed by atoms with Gasteiger partial charge in [0.05, 0.1) is 11.0 Å². The van der Waals surface area contributed by atoms with Crippen LogP contribution in [0.25, 0.3) is 0 Å². The molecule has 1 N–H and O–H groups in total. The van der Waals surface area contributed by atoms with E-state index in [0.29, 0.717) is 0 Å². The molecule has 76 valence electrons. The number of nitrogens with zero attached hydrogens (tertiary/aromatic N) is 3. The van der Waals surface area contributed by atoms with Crippen molar-refractivity contribution in [2.24, 2.45) is 0 Å². The summed E-state index contributed by atoms with van der Waals surface area (Å²) in [6.45, 7) is 1.06. The van der Waals surface area contributed by atoms with Gasteiger partial charge in [-0.25, -0.2) is 14.4 Å². The first kappa shape index (κ1) is 10.3. The first-order valence-electron chi connectivity index (χ1n) is 3.92. The van der Waals surface area contributed by atoms with Gasteiger partial charge in [0.25, 0.3) is 0 Å². The molecular weight excluding hydrogens is 191 g/mol. The fourth-order valence-corrected chi connectivity index (χ4v) is 0.749. The van der Waals surface area contributed by atoms with Crippen LogP contribution in [0.5, 0.6) is 0 Å². The van der Waals surface area contributed by atoms with E-state index in [2.05, 4.69) is 15.3 Å². The molecule has 1 heterocycles. The van der Waals surface area contributed by atoms with Crippen LogP contribution in [0.15, 0.2) is 12.4 Å². The Balaban J connectivity index is 2.68. The molecule has 1 rings (SSSR count). The van der Waals surface area contributed by atoms with Gasteiger partial charge in [-0.15, -0.1) is 0 Å². The van der Waals surface area contributed by atoms with Crippen LogP contribution in [-0.4, -0.2) is 27.6 Å². The maximum Gasteiger partial charge on any atom is 0.305 e. The molecule has 7 heteroatoms. The zero-order valence-electron chi connectivity index (χ0n) is 7.48. The van der Waals surface area contributed by atoms with Gasteiger partial charge in [0, 0.05) is 0 Å². The lowest BCUT2D eigenvalue weighted by Gasteiger charge is -2.07. The molecule has 0 bridgehead atoms. The number of hydrogen-bond donors (Lipinski definition) is 1. The third-order valence-corrected chi connectivity index (χ3v) is 1.46. The van der Waals surface area contributed by atoms with E-state index in [1.165, 1.54) is 0 Å². The number of halogens is 1. The Labute approximate surface area is 79.3 Å². The van der Waals surface area contributed by atoms with Crippen LogP contribution in [0.2, 0.25) is 0 Å². The highest BCUT2D eigenvalue weighted by atomic mass is 19.1. The molecule has 14 heavy (non-hydrogen) atoms. The zero-order valence-corrected chi connectivity index (χ0v) is 7.48. The van der Waals surface area contributed by atoms with Gasteiger partial charge in [0.1, 0.15) is 19.1 Å². The monoisotopic (exact) mass is 200 g/mol. The van der Waals surface area contributed by atoms with Crippen LogP contribution in [-0.2, 0) is 0 Å². The molecule has 0 saturated carbocycles. The van der Waals surface area contributed by atoms with E-state index in [-0.39, 0.29) is 11.6 Å². The zero-order chi connectivity index (χ0) is 10.6. The van der Waals surface area contributed by atoms with Gasteiger partial charge in [-0.3, -0.25) is 10.1 Å². The van der Waals surface area contributed by atoms with Crippen molar-refractivity contribution in [2.75, 3.05) is 12.0 Å². The summed E-state index contributed by atoms with van der Waals surface area (Å²) < 4.78 is 12.1. The highest BCUT2D eigenvalue weighted by Crippen LogP contribution is 2.08. The Kier molecular flexibility index (Phi) is 3.27. The van der Waals surface area contributed by atoms with E-state index in [9.17, 15) is 14.5 Å². The molecule has 0 radical (unpaired) electrons. The minimum Gasteiger partial charge on any atom is -0.349 e. The van der Waals surface area contributed by atoms with Crippen molar-refractivity contribution in [1.29, 1.82) is 0 Å². The number of rotatable bonds is 4. The van der Waals surface area contributed by atoms with Gasteiger partial charge >= 0.3 is 5.69 Å². The molecule has 0 spiro atoms. The fraction of sp³-hybridized carbons (Fsp3) is 0.429. The summed E-state index contributed by atoms with van der Waals surface area (Å²) in [6, 6.07) is -0.406. The molecule has 1 atom stereocenters. The van der Waals surface area contributed by atoms with Crippen LogP contribution in [0.3, 0.4) is 0 Å². The van der Waals surface area contributed by atoms with Crippen molar-refractivity contribution >= 4 is 11.6 Å². The molecule has 0 aliphatic carbocycles. The van der Waals surface area contributed by atoms with Crippen LogP contribution in [0.1, 0.15) is 6.92 Å². The highest BCUT2D eigenvalue weighted by Gasteiger charge is 2.07. The van der Waals surface area contributed by atoms with Crippen molar-refractivity contribution in [3.63, 3.8) is 0 Å². The number of aromatic nitrogens is 2. The molecule has 1 aromatic heterocycles. The quantitative estimate of drug-likeness (QED) is 0.582. The maximum atomic E-state index is 12.1. The van der Waals surface area contributed by atoms with E-state index in [4.69, 9.17) is 0 Å². The van der Waals surface area contributed by atoms with Crippen LogP contribution < -0.4 is 5.32 Å². The smallest absolute Gasteiger partial charge is 0.305 e. The van der Waals surface area contributed by atoms with Crippen LogP contribution in [0.4, 0.5) is 16.0 Å². The molecule has 6 nitrogen and oxygen atoms in total. The molecule has 0 fully saturated rings. The summed E-state index contributed by atoms with van der Waals surface area (Å²) in [5, 5.41) is 12.9. The molecule has 0 aliphatic rings. The van der Waals surface area contributed by atoms with E-state index in [0.717, 1.165) is 12.4 Å². The molecular formula is C7H9FN4O2. The molecule has 0 saturated heterocycles. The minimum atomic E-state index is -0.595. The van der Waals surface area contributed by atoms with E-state index in [1.54, 1.807) is 6.92 Å². The number of nitro groups is 1. The first-order valence-corrected chi connectivity index (χ1v) is 3.92. The summed E-state index contributed by atoms with van der Waals surface area (Å²) >= 11 is 0. The van der Waals surface area contributed by atoms with Gasteiger partial charge in [-0.2, -0.15) is 0 Å². The average Bonchev–Trinajstić information content (AvgIpc) is 2.18. The summed E-state index contributed by atoms with van der Waals surface area (Å²) in [5.74, 6) is 0.181. The number of hydrogen-bond acceptors (Lipinski definition) is 5. The normalized spacial score (nSPS) is 12.1. The Morgan fingerprint density at radius 2 is 2.21 bits per heavy atom. The van der Waals surface area contributed by atoms with Crippen LogP contribution >= 0.6 is 0 Å². The lowest BCUT2D eigenvalue weighted by atomic mass is 10.4. The molecule has 1 unspecified atom stereocenters. The summed E-state index contributed by atoms with van der Waals surface area (Å²) in [6.07, 6.45) is 2.14. The summed E-state index contributed by atoms with van der Waals surface area (Å²) in [4.78, 5) is 17.0. The Bertz CT molecular complexity index is 316. The second-order valence-electron chi connectivity index (χ2n) is 2.72.